The number of carbonyl (C=O) groups excluding carboxylic acids is 1. The van der Waals surface area contributed by atoms with Crippen molar-refractivity contribution in [2.45, 2.75) is 31.2 Å². The van der Waals surface area contributed by atoms with Crippen molar-refractivity contribution in [3.63, 3.8) is 0 Å². The summed E-state index contributed by atoms with van der Waals surface area (Å²) in [4.78, 5) is 15.8. The molecule has 4 nitrogen and oxygen atoms in total. The molecule has 1 fully saturated rings. The molecular formula is C10H14ClN3O. The van der Waals surface area contributed by atoms with Gasteiger partial charge in [-0.25, -0.2) is 4.98 Å². The van der Waals surface area contributed by atoms with Crippen LogP contribution in [-0.2, 0) is 10.7 Å². The minimum atomic E-state index is -0.135. The number of imidazole rings is 1. The highest BCUT2D eigenvalue weighted by Gasteiger charge is 2.23. The zero-order chi connectivity index (χ0) is 10.7. The van der Waals surface area contributed by atoms with Gasteiger partial charge in [0, 0.05) is 12.7 Å². The normalized spacial score (nSPS) is 22.2. The van der Waals surface area contributed by atoms with E-state index in [0.29, 0.717) is 5.88 Å². The minimum Gasteiger partial charge on any atom is -0.354 e. The predicted octanol–water partition coefficient (Wildman–Crippen LogP) is 1.46. The molecule has 0 bridgehead atoms. The molecule has 0 spiro atoms. The summed E-state index contributed by atoms with van der Waals surface area (Å²) in [6.07, 6.45) is 6.38. The van der Waals surface area contributed by atoms with Crippen molar-refractivity contribution < 1.29 is 4.79 Å². The van der Waals surface area contributed by atoms with E-state index in [1.807, 2.05) is 4.57 Å². The van der Waals surface area contributed by atoms with Crippen LogP contribution in [0.15, 0.2) is 12.5 Å². The molecule has 1 amide bonds. The number of nitrogens with zero attached hydrogens (tertiary/aromatic N) is 2. The molecule has 82 valence electrons. The topological polar surface area (TPSA) is 46.9 Å². The quantitative estimate of drug-likeness (QED) is 0.778. The van der Waals surface area contributed by atoms with Gasteiger partial charge in [0.05, 0.1) is 17.9 Å². The van der Waals surface area contributed by atoms with Crippen molar-refractivity contribution in [2.75, 3.05) is 6.54 Å². The zero-order valence-electron chi connectivity index (χ0n) is 8.45. The fraction of sp³-hybridized carbons (Fsp3) is 0.600. The molecule has 2 heterocycles. The molecule has 0 saturated carbocycles. The Balaban J connectivity index is 2.23. The molecule has 1 saturated heterocycles. The fourth-order valence-electron chi connectivity index (χ4n) is 1.90. The number of aromatic nitrogens is 2. The summed E-state index contributed by atoms with van der Waals surface area (Å²) >= 11 is 5.79. The van der Waals surface area contributed by atoms with Gasteiger partial charge in [0.15, 0.2) is 0 Å². The van der Waals surface area contributed by atoms with E-state index in [1.54, 1.807) is 12.5 Å². The van der Waals surface area contributed by atoms with Gasteiger partial charge >= 0.3 is 0 Å². The summed E-state index contributed by atoms with van der Waals surface area (Å²) in [6, 6.07) is -0.135. The molecule has 1 aliphatic heterocycles. The van der Waals surface area contributed by atoms with Crippen molar-refractivity contribution in [1.29, 1.82) is 0 Å². The first-order valence-corrected chi connectivity index (χ1v) is 5.71. The Morgan fingerprint density at radius 2 is 2.47 bits per heavy atom. The third-order valence-electron chi connectivity index (χ3n) is 2.73. The van der Waals surface area contributed by atoms with E-state index in [2.05, 4.69) is 10.3 Å². The summed E-state index contributed by atoms with van der Waals surface area (Å²) in [7, 11) is 0. The number of halogens is 1. The molecule has 1 aromatic heterocycles. The molecule has 1 aromatic rings. The van der Waals surface area contributed by atoms with E-state index in [9.17, 15) is 4.79 Å². The largest absolute Gasteiger partial charge is 0.354 e. The lowest BCUT2D eigenvalue weighted by atomic mass is 10.1. The van der Waals surface area contributed by atoms with Crippen LogP contribution < -0.4 is 5.32 Å². The summed E-state index contributed by atoms with van der Waals surface area (Å²) in [6.45, 7) is 0.778. The summed E-state index contributed by atoms with van der Waals surface area (Å²) in [5.41, 5.74) is 0.902. The average Bonchev–Trinajstić information content (AvgIpc) is 2.61. The smallest absolute Gasteiger partial charge is 0.243 e. The van der Waals surface area contributed by atoms with Crippen molar-refractivity contribution in [1.82, 2.24) is 14.9 Å². The maximum atomic E-state index is 11.8. The van der Waals surface area contributed by atoms with Crippen molar-refractivity contribution in [2.24, 2.45) is 0 Å². The van der Waals surface area contributed by atoms with Crippen LogP contribution >= 0.6 is 11.6 Å². The lowest BCUT2D eigenvalue weighted by Crippen LogP contribution is -2.31. The number of hydrogen-bond donors (Lipinski definition) is 1. The van der Waals surface area contributed by atoms with Crippen LogP contribution in [0.1, 0.15) is 31.0 Å². The fourth-order valence-corrected chi connectivity index (χ4v) is 2.11. The van der Waals surface area contributed by atoms with Crippen LogP contribution in [0.3, 0.4) is 0 Å². The first-order chi connectivity index (χ1) is 7.33. The van der Waals surface area contributed by atoms with Gasteiger partial charge in [-0.3, -0.25) is 4.79 Å². The van der Waals surface area contributed by atoms with Crippen molar-refractivity contribution in [3.8, 4) is 0 Å². The Morgan fingerprint density at radius 1 is 1.60 bits per heavy atom. The first kappa shape index (κ1) is 10.5. The second kappa shape index (κ2) is 4.66. The average molecular weight is 228 g/mol. The second-order valence-electron chi connectivity index (χ2n) is 3.73. The number of nitrogens with one attached hydrogen (secondary N) is 1. The van der Waals surface area contributed by atoms with Gasteiger partial charge in [0.1, 0.15) is 6.04 Å². The Labute approximate surface area is 93.6 Å². The van der Waals surface area contributed by atoms with E-state index in [-0.39, 0.29) is 11.9 Å². The van der Waals surface area contributed by atoms with Gasteiger partial charge in [0.2, 0.25) is 5.91 Å². The number of carbonyl (C=O) groups is 1. The maximum Gasteiger partial charge on any atom is 0.243 e. The lowest BCUT2D eigenvalue weighted by Gasteiger charge is -2.16. The molecule has 5 heteroatoms. The van der Waals surface area contributed by atoms with Gasteiger partial charge in [0.25, 0.3) is 0 Å². The molecule has 1 atom stereocenters. The van der Waals surface area contributed by atoms with Crippen LogP contribution in [0.2, 0.25) is 0 Å². The van der Waals surface area contributed by atoms with Gasteiger partial charge in [-0.15, -0.1) is 11.6 Å². The SMILES string of the molecule is O=C1NCCCCC1n1cncc1CCl. The number of alkyl halides is 1. The predicted molar refractivity (Wildman–Crippen MR) is 57.7 cm³/mol. The maximum absolute atomic E-state index is 11.8. The van der Waals surface area contributed by atoms with E-state index < -0.39 is 0 Å². The monoisotopic (exact) mass is 227 g/mol. The molecule has 2 rings (SSSR count). The standard InChI is InChI=1S/C10H14ClN3O/c11-5-8-6-12-7-14(8)9-3-1-2-4-13-10(9)15/h6-7,9H,1-5H2,(H,13,15). The highest BCUT2D eigenvalue weighted by molar-refractivity contribution is 6.16. The van der Waals surface area contributed by atoms with Crippen LogP contribution in [0.4, 0.5) is 0 Å². The number of rotatable bonds is 2. The molecule has 1 unspecified atom stereocenters. The number of hydrogen-bond acceptors (Lipinski definition) is 2. The molecule has 0 aromatic carbocycles. The molecular weight excluding hydrogens is 214 g/mol. The Bertz CT molecular complexity index is 350. The van der Waals surface area contributed by atoms with Gasteiger partial charge in [-0.05, 0) is 19.3 Å². The molecule has 1 N–H and O–H groups in total. The van der Waals surface area contributed by atoms with Gasteiger partial charge < -0.3 is 9.88 Å². The van der Waals surface area contributed by atoms with Crippen molar-refractivity contribution >= 4 is 17.5 Å². The third kappa shape index (κ3) is 2.15. The van der Waals surface area contributed by atoms with E-state index >= 15 is 0 Å². The highest BCUT2D eigenvalue weighted by atomic mass is 35.5. The van der Waals surface area contributed by atoms with Gasteiger partial charge in [-0.1, -0.05) is 0 Å². The van der Waals surface area contributed by atoms with Crippen LogP contribution in [0, 0.1) is 0 Å². The summed E-state index contributed by atoms with van der Waals surface area (Å²) in [5.74, 6) is 0.473. The Hall–Kier alpha value is -1.03. The van der Waals surface area contributed by atoms with E-state index in [4.69, 9.17) is 11.6 Å². The highest BCUT2D eigenvalue weighted by Crippen LogP contribution is 2.20. The summed E-state index contributed by atoms with van der Waals surface area (Å²) < 4.78 is 1.88. The number of amides is 1. The molecule has 0 radical (unpaired) electrons. The minimum absolute atomic E-state index is 0.0804. The Morgan fingerprint density at radius 3 is 3.27 bits per heavy atom. The first-order valence-electron chi connectivity index (χ1n) is 5.17. The van der Waals surface area contributed by atoms with Gasteiger partial charge in [-0.2, -0.15) is 0 Å². The molecule has 0 aliphatic carbocycles. The van der Waals surface area contributed by atoms with Crippen LogP contribution in [0.5, 0.6) is 0 Å². The van der Waals surface area contributed by atoms with Crippen molar-refractivity contribution in [3.05, 3.63) is 18.2 Å². The Kier molecular flexibility index (Phi) is 3.26. The van der Waals surface area contributed by atoms with Crippen LogP contribution in [-0.4, -0.2) is 22.0 Å². The molecule has 1 aliphatic rings. The lowest BCUT2D eigenvalue weighted by molar-refractivity contribution is -0.124. The van der Waals surface area contributed by atoms with Crippen LogP contribution in [0.25, 0.3) is 0 Å². The molecule has 15 heavy (non-hydrogen) atoms. The summed E-state index contributed by atoms with van der Waals surface area (Å²) in [5, 5.41) is 2.90. The van der Waals surface area contributed by atoms with E-state index in [0.717, 1.165) is 31.5 Å². The second-order valence-corrected chi connectivity index (χ2v) is 4.00. The third-order valence-corrected chi connectivity index (χ3v) is 3.00. The van der Waals surface area contributed by atoms with E-state index in [1.165, 1.54) is 0 Å². The zero-order valence-corrected chi connectivity index (χ0v) is 9.20.